The summed E-state index contributed by atoms with van der Waals surface area (Å²) < 4.78 is 5.14. The fraction of sp³-hybridized carbons (Fsp3) is 0.318. The summed E-state index contributed by atoms with van der Waals surface area (Å²) in [4.78, 5) is 53.7. The highest BCUT2D eigenvalue weighted by atomic mass is 16.6. The zero-order valence-corrected chi connectivity index (χ0v) is 17.2. The summed E-state index contributed by atoms with van der Waals surface area (Å²) in [5.41, 5.74) is -0.0213. The molecular formula is C22H20N4O6. The third kappa shape index (κ3) is 2.68. The number of imide groups is 2. The second kappa shape index (κ2) is 7.04. The Labute approximate surface area is 182 Å². The molecule has 2 aromatic carbocycles. The van der Waals surface area contributed by atoms with E-state index in [1.807, 2.05) is 4.90 Å². The number of fused-ring (bicyclic) bond motifs is 4. The summed E-state index contributed by atoms with van der Waals surface area (Å²) in [5, 5.41) is 13.7. The van der Waals surface area contributed by atoms with Gasteiger partial charge in [-0.2, -0.15) is 0 Å². The second-order valence-corrected chi connectivity index (χ2v) is 8.17. The summed E-state index contributed by atoms with van der Waals surface area (Å²) in [5.74, 6) is -0.720. The Morgan fingerprint density at radius 1 is 1.16 bits per heavy atom. The quantitative estimate of drug-likeness (QED) is 0.445. The average molecular weight is 436 g/mol. The van der Waals surface area contributed by atoms with Gasteiger partial charge in [-0.05, 0) is 48.7 Å². The van der Waals surface area contributed by atoms with Crippen molar-refractivity contribution in [2.45, 2.75) is 25.3 Å². The van der Waals surface area contributed by atoms with Gasteiger partial charge in [-0.25, -0.2) is 9.69 Å². The molecule has 2 fully saturated rings. The van der Waals surface area contributed by atoms with Gasteiger partial charge in [0.05, 0.1) is 23.8 Å². The van der Waals surface area contributed by atoms with Crippen molar-refractivity contribution in [3.05, 3.63) is 58.1 Å². The molecule has 164 valence electrons. The lowest BCUT2D eigenvalue weighted by atomic mass is 9.68. The molecule has 2 saturated heterocycles. The molecule has 1 N–H and O–H groups in total. The zero-order valence-electron chi connectivity index (χ0n) is 17.2. The van der Waals surface area contributed by atoms with Gasteiger partial charge in [-0.1, -0.05) is 0 Å². The summed E-state index contributed by atoms with van der Waals surface area (Å²) in [6, 6.07) is 9.67. The number of barbiturate groups is 1. The minimum atomic E-state index is -1.56. The van der Waals surface area contributed by atoms with E-state index in [4.69, 9.17) is 4.74 Å². The van der Waals surface area contributed by atoms with Crippen molar-refractivity contribution in [2.75, 3.05) is 23.5 Å². The fourth-order valence-electron chi connectivity index (χ4n) is 5.16. The highest BCUT2D eigenvalue weighted by Crippen LogP contribution is 2.49. The van der Waals surface area contributed by atoms with Crippen molar-refractivity contribution in [2.24, 2.45) is 5.41 Å². The molecule has 10 heteroatoms. The van der Waals surface area contributed by atoms with E-state index < -0.39 is 34.2 Å². The minimum Gasteiger partial charge on any atom is -0.497 e. The number of nitro benzene ring substituents is 1. The number of methoxy groups -OCH3 is 1. The van der Waals surface area contributed by atoms with Gasteiger partial charge in [0.1, 0.15) is 5.75 Å². The number of nitro groups is 1. The Balaban J connectivity index is 1.63. The first kappa shape index (κ1) is 20.0. The van der Waals surface area contributed by atoms with Crippen LogP contribution in [0.4, 0.5) is 21.9 Å². The number of hydrogen-bond donors (Lipinski definition) is 1. The lowest BCUT2D eigenvalue weighted by molar-refractivity contribution is -0.384. The lowest BCUT2D eigenvalue weighted by Crippen LogP contribution is -2.71. The van der Waals surface area contributed by atoms with E-state index in [-0.39, 0.29) is 12.1 Å². The van der Waals surface area contributed by atoms with Gasteiger partial charge < -0.3 is 9.64 Å². The molecule has 3 aliphatic rings. The maximum atomic E-state index is 13.9. The molecule has 2 atom stereocenters. The summed E-state index contributed by atoms with van der Waals surface area (Å²) in [6.07, 6.45) is 1.34. The molecule has 0 bridgehead atoms. The number of amides is 4. The first-order valence-corrected chi connectivity index (χ1v) is 10.2. The van der Waals surface area contributed by atoms with Gasteiger partial charge in [0.15, 0.2) is 5.41 Å². The number of carbonyl (C=O) groups excluding carboxylic acids is 3. The predicted molar refractivity (Wildman–Crippen MR) is 114 cm³/mol. The van der Waals surface area contributed by atoms with E-state index in [9.17, 15) is 24.5 Å². The lowest BCUT2D eigenvalue weighted by Gasteiger charge is -2.49. The van der Waals surface area contributed by atoms with Gasteiger partial charge in [0.2, 0.25) is 5.91 Å². The van der Waals surface area contributed by atoms with Crippen LogP contribution in [0.2, 0.25) is 0 Å². The standard InChI is InChI=1S/C22H20N4O6/c1-32-16-7-4-14(5-8-16)25-20(28)22(19(27)23-21(25)29)12-13-11-15(26(30)31)6-9-17(13)24-10-2-3-18(22)24/h4-9,11,18H,2-3,10,12H2,1H3,(H,23,27,29)/t18-,22+/m0/s1. The van der Waals surface area contributed by atoms with Crippen LogP contribution < -0.4 is 19.9 Å². The van der Waals surface area contributed by atoms with Gasteiger partial charge in [0.25, 0.3) is 11.6 Å². The summed E-state index contributed by atoms with van der Waals surface area (Å²) in [7, 11) is 1.51. The SMILES string of the molecule is COc1ccc(N2C(=O)NC(=O)[C@]3(Cc4cc([N+](=O)[O-])ccc4N4CCC[C@H]43)C2=O)cc1. The third-order valence-corrected chi connectivity index (χ3v) is 6.62. The molecule has 0 aromatic heterocycles. The Morgan fingerprint density at radius 3 is 2.59 bits per heavy atom. The number of ether oxygens (including phenoxy) is 1. The van der Waals surface area contributed by atoms with Crippen LogP contribution in [0.25, 0.3) is 0 Å². The van der Waals surface area contributed by atoms with Crippen molar-refractivity contribution in [3.8, 4) is 5.75 Å². The van der Waals surface area contributed by atoms with Crippen LogP contribution in [0, 0.1) is 15.5 Å². The number of urea groups is 1. The zero-order chi connectivity index (χ0) is 22.6. The van der Waals surface area contributed by atoms with Crippen LogP contribution >= 0.6 is 0 Å². The Morgan fingerprint density at radius 2 is 1.91 bits per heavy atom. The molecule has 0 radical (unpaired) electrons. The maximum Gasteiger partial charge on any atom is 0.335 e. The van der Waals surface area contributed by atoms with Crippen molar-refractivity contribution in [1.82, 2.24) is 5.32 Å². The van der Waals surface area contributed by atoms with E-state index in [0.717, 1.165) is 17.0 Å². The fourth-order valence-corrected chi connectivity index (χ4v) is 5.16. The molecule has 2 aromatic rings. The highest BCUT2D eigenvalue weighted by Gasteiger charge is 2.63. The smallest absolute Gasteiger partial charge is 0.335 e. The molecule has 4 amide bonds. The number of hydrogen-bond acceptors (Lipinski definition) is 7. The molecule has 3 aliphatic heterocycles. The van der Waals surface area contributed by atoms with Crippen molar-refractivity contribution >= 4 is 34.9 Å². The van der Waals surface area contributed by atoms with Crippen molar-refractivity contribution in [3.63, 3.8) is 0 Å². The van der Waals surface area contributed by atoms with Gasteiger partial charge in [-0.15, -0.1) is 0 Å². The topological polar surface area (TPSA) is 122 Å². The number of nitrogens with zero attached hydrogens (tertiary/aromatic N) is 3. The molecular weight excluding hydrogens is 416 g/mol. The van der Waals surface area contributed by atoms with Crippen LogP contribution in [0.3, 0.4) is 0 Å². The summed E-state index contributed by atoms with van der Waals surface area (Å²) in [6.45, 7) is 0.619. The molecule has 0 aliphatic carbocycles. The Bertz CT molecular complexity index is 1160. The van der Waals surface area contributed by atoms with E-state index in [1.54, 1.807) is 30.3 Å². The van der Waals surface area contributed by atoms with E-state index in [0.29, 0.717) is 30.0 Å². The van der Waals surface area contributed by atoms with E-state index in [1.165, 1.54) is 19.2 Å². The minimum absolute atomic E-state index is 0.0181. The first-order chi connectivity index (χ1) is 15.4. The van der Waals surface area contributed by atoms with Crippen molar-refractivity contribution in [1.29, 1.82) is 0 Å². The van der Waals surface area contributed by atoms with Crippen LogP contribution in [0.1, 0.15) is 18.4 Å². The third-order valence-electron chi connectivity index (χ3n) is 6.62. The van der Waals surface area contributed by atoms with Crippen LogP contribution in [0.15, 0.2) is 42.5 Å². The number of anilines is 2. The number of nitrogens with one attached hydrogen (secondary N) is 1. The van der Waals surface area contributed by atoms with E-state index >= 15 is 0 Å². The number of non-ortho nitro benzene ring substituents is 1. The van der Waals surface area contributed by atoms with Gasteiger partial charge in [-0.3, -0.25) is 25.0 Å². The average Bonchev–Trinajstić information content (AvgIpc) is 3.28. The monoisotopic (exact) mass is 436 g/mol. The first-order valence-electron chi connectivity index (χ1n) is 10.2. The molecule has 32 heavy (non-hydrogen) atoms. The Kier molecular flexibility index (Phi) is 4.40. The summed E-state index contributed by atoms with van der Waals surface area (Å²) >= 11 is 0. The molecule has 5 rings (SSSR count). The van der Waals surface area contributed by atoms with E-state index in [2.05, 4.69) is 5.32 Å². The Hall–Kier alpha value is -3.95. The maximum absolute atomic E-state index is 13.9. The van der Waals surface area contributed by atoms with Crippen molar-refractivity contribution < 1.29 is 24.0 Å². The number of rotatable bonds is 3. The number of benzene rings is 2. The molecule has 1 spiro atoms. The number of carbonyl (C=O) groups is 3. The van der Waals surface area contributed by atoms with Crippen LogP contribution in [-0.4, -0.2) is 42.5 Å². The molecule has 10 nitrogen and oxygen atoms in total. The second-order valence-electron chi connectivity index (χ2n) is 8.17. The highest BCUT2D eigenvalue weighted by molar-refractivity contribution is 6.30. The van der Waals surface area contributed by atoms with Crippen LogP contribution in [-0.2, 0) is 16.0 Å². The van der Waals surface area contributed by atoms with Gasteiger partial charge in [0, 0.05) is 30.8 Å². The molecule has 0 saturated carbocycles. The van der Waals surface area contributed by atoms with Crippen LogP contribution in [0.5, 0.6) is 5.75 Å². The largest absolute Gasteiger partial charge is 0.497 e. The predicted octanol–water partition coefficient (Wildman–Crippen LogP) is 2.40. The normalized spacial score (nSPS) is 24.3. The van der Waals surface area contributed by atoms with Gasteiger partial charge >= 0.3 is 6.03 Å². The molecule has 3 heterocycles. The molecule has 0 unspecified atom stereocenters.